The number of benzene rings is 1. The molecule has 1 aromatic carbocycles. The van der Waals surface area contributed by atoms with Gasteiger partial charge in [0.2, 0.25) is 0 Å². The second kappa shape index (κ2) is 7.95. The Labute approximate surface area is 113 Å². The zero-order valence-electron chi connectivity index (χ0n) is 10.9. The Balaban J connectivity index is 2.66. The van der Waals surface area contributed by atoms with Crippen molar-refractivity contribution >= 4 is 17.5 Å². The van der Waals surface area contributed by atoms with Crippen molar-refractivity contribution in [2.45, 2.75) is 19.6 Å². The zero-order valence-corrected chi connectivity index (χ0v) is 11.7. The van der Waals surface area contributed by atoms with E-state index >= 15 is 0 Å². The standard InChI is InChI=1S/C14H20N2OS/c1-11(16-9-8-15)14(12(2)17)18-10-13-6-4-3-5-7-13/h3-7,16H,8-10,15H2,1-2H3/b14-11-. The van der Waals surface area contributed by atoms with E-state index in [0.717, 1.165) is 16.4 Å². The number of hydrogen-bond acceptors (Lipinski definition) is 4. The summed E-state index contributed by atoms with van der Waals surface area (Å²) in [7, 11) is 0. The molecule has 0 spiro atoms. The average molecular weight is 264 g/mol. The van der Waals surface area contributed by atoms with Crippen LogP contribution in [0.15, 0.2) is 40.9 Å². The van der Waals surface area contributed by atoms with Crippen molar-refractivity contribution in [1.29, 1.82) is 0 Å². The molecule has 4 heteroatoms. The van der Waals surface area contributed by atoms with Gasteiger partial charge in [-0.1, -0.05) is 30.3 Å². The molecule has 0 radical (unpaired) electrons. The molecule has 98 valence electrons. The summed E-state index contributed by atoms with van der Waals surface area (Å²) in [6, 6.07) is 10.1. The van der Waals surface area contributed by atoms with Crippen molar-refractivity contribution < 1.29 is 4.79 Å². The monoisotopic (exact) mass is 264 g/mol. The molecular formula is C14H20N2OS. The van der Waals surface area contributed by atoms with E-state index in [9.17, 15) is 4.79 Å². The molecule has 0 aliphatic heterocycles. The number of rotatable bonds is 7. The summed E-state index contributed by atoms with van der Waals surface area (Å²) in [5.74, 6) is 0.898. The van der Waals surface area contributed by atoms with Crippen LogP contribution >= 0.6 is 11.8 Å². The van der Waals surface area contributed by atoms with E-state index in [1.54, 1.807) is 18.7 Å². The van der Waals surface area contributed by atoms with Crippen LogP contribution in [0.5, 0.6) is 0 Å². The molecule has 1 aromatic rings. The van der Waals surface area contributed by atoms with Crippen LogP contribution in [0.2, 0.25) is 0 Å². The zero-order chi connectivity index (χ0) is 13.4. The lowest BCUT2D eigenvalue weighted by molar-refractivity contribution is -0.113. The highest BCUT2D eigenvalue weighted by Gasteiger charge is 2.09. The quantitative estimate of drug-likeness (QED) is 0.742. The minimum Gasteiger partial charge on any atom is -0.386 e. The number of ketones is 1. The highest BCUT2D eigenvalue weighted by molar-refractivity contribution is 8.03. The van der Waals surface area contributed by atoms with E-state index in [1.807, 2.05) is 25.1 Å². The van der Waals surface area contributed by atoms with Crippen molar-refractivity contribution in [3.8, 4) is 0 Å². The maximum Gasteiger partial charge on any atom is 0.167 e. The van der Waals surface area contributed by atoms with Gasteiger partial charge in [0.05, 0.1) is 4.91 Å². The number of thioether (sulfide) groups is 1. The lowest BCUT2D eigenvalue weighted by atomic mass is 10.2. The van der Waals surface area contributed by atoms with Crippen molar-refractivity contribution in [3.05, 3.63) is 46.5 Å². The topological polar surface area (TPSA) is 55.1 Å². The first-order valence-corrected chi connectivity index (χ1v) is 6.96. The van der Waals surface area contributed by atoms with Crippen LogP contribution in [0, 0.1) is 0 Å². The molecule has 3 N–H and O–H groups in total. The van der Waals surface area contributed by atoms with Crippen LogP contribution in [0.4, 0.5) is 0 Å². The van der Waals surface area contributed by atoms with E-state index in [4.69, 9.17) is 5.73 Å². The Kier molecular flexibility index (Phi) is 6.54. The molecule has 0 atom stereocenters. The Hall–Kier alpha value is -1.26. The predicted molar refractivity (Wildman–Crippen MR) is 78.2 cm³/mol. The first kappa shape index (κ1) is 14.8. The lowest BCUT2D eigenvalue weighted by Crippen LogP contribution is -2.22. The van der Waals surface area contributed by atoms with E-state index in [2.05, 4.69) is 17.4 Å². The summed E-state index contributed by atoms with van der Waals surface area (Å²) in [6.07, 6.45) is 0. The second-order valence-corrected chi connectivity index (χ2v) is 4.99. The number of nitrogens with one attached hydrogen (secondary N) is 1. The molecule has 0 amide bonds. The normalized spacial score (nSPS) is 11.9. The van der Waals surface area contributed by atoms with Crippen LogP contribution in [0.25, 0.3) is 0 Å². The van der Waals surface area contributed by atoms with Gasteiger partial charge in [-0.05, 0) is 19.4 Å². The van der Waals surface area contributed by atoms with Gasteiger partial charge in [0, 0.05) is 24.5 Å². The maximum atomic E-state index is 11.6. The first-order chi connectivity index (χ1) is 8.65. The Morgan fingerprint density at radius 1 is 1.28 bits per heavy atom. The molecule has 18 heavy (non-hydrogen) atoms. The van der Waals surface area contributed by atoms with Gasteiger partial charge in [0.15, 0.2) is 5.78 Å². The number of carbonyl (C=O) groups excluding carboxylic acids is 1. The smallest absolute Gasteiger partial charge is 0.167 e. The maximum absolute atomic E-state index is 11.6. The summed E-state index contributed by atoms with van der Waals surface area (Å²) in [5, 5.41) is 3.16. The van der Waals surface area contributed by atoms with E-state index in [-0.39, 0.29) is 5.78 Å². The molecule has 0 aromatic heterocycles. The molecule has 0 saturated heterocycles. The SMILES string of the molecule is CC(=O)/C(SCc1ccccc1)=C(\C)NCCN. The summed E-state index contributed by atoms with van der Waals surface area (Å²) < 4.78 is 0. The molecule has 0 bridgehead atoms. The van der Waals surface area contributed by atoms with Crippen LogP contribution < -0.4 is 11.1 Å². The molecule has 0 aliphatic carbocycles. The minimum absolute atomic E-state index is 0.0953. The summed E-state index contributed by atoms with van der Waals surface area (Å²) in [5.41, 5.74) is 7.57. The van der Waals surface area contributed by atoms with E-state index in [0.29, 0.717) is 13.1 Å². The third kappa shape index (κ3) is 4.94. The van der Waals surface area contributed by atoms with Crippen LogP contribution in [0.3, 0.4) is 0 Å². The molecule has 0 saturated carbocycles. The van der Waals surface area contributed by atoms with Gasteiger partial charge in [0.25, 0.3) is 0 Å². The van der Waals surface area contributed by atoms with Gasteiger partial charge < -0.3 is 11.1 Å². The highest BCUT2D eigenvalue weighted by Crippen LogP contribution is 2.24. The third-order valence-corrected chi connectivity index (χ3v) is 3.78. The molecule has 0 aliphatic rings. The third-order valence-electron chi connectivity index (χ3n) is 2.42. The van der Waals surface area contributed by atoms with Crippen molar-refractivity contribution in [2.24, 2.45) is 5.73 Å². The molecule has 0 fully saturated rings. The fourth-order valence-electron chi connectivity index (χ4n) is 1.54. The average Bonchev–Trinajstić information content (AvgIpc) is 2.37. The number of hydrogen-bond donors (Lipinski definition) is 2. The number of nitrogens with two attached hydrogens (primary N) is 1. The van der Waals surface area contributed by atoms with Gasteiger partial charge >= 0.3 is 0 Å². The number of allylic oxidation sites excluding steroid dienone is 2. The van der Waals surface area contributed by atoms with Crippen LogP contribution in [0.1, 0.15) is 19.4 Å². The van der Waals surface area contributed by atoms with Crippen LogP contribution in [-0.2, 0) is 10.5 Å². The van der Waals surface area contributed by atoms with Crippen molar-refractivity contribution in [1.82, 2.24) is 5.32 Å². The van der Waals surface area contributed by atoms with Gasteiger partial charge in [-0.15, -0.1) is 11.8 Å². The second-order valence-electron chi connectivity index (χ2n) is 4.00. The van der Waals surface area contributed by atoms with Crippen molar-refractivity contribution in [3.63, 3.8) is 0 Å². The van der Waals surface area contributed by atoms with E-state index in [1.165, 1.54) is 5.56 Å². The summed E-state index contributed by atoms with van der Waals surface area (Å²) >= 11 is 1.57. The molecule has 3 nitrogen and oxygen atoms in total. The van der Waals surface area contributed by atoms with Gasteiger partial charge in [-0.25, -0.2) is 0 Å². The van der Waals surface area contributed by atoms with Gasteiger partial charge in [0.1, 0.15) is 0 Å². The molecule has 1 rings (SSSR count). The largest absolute Gasteiger partial charge is 0.386 e. The Bertz CT molecular complexity index is 415. The number of carbonyl (C=O) groups is 1. The van der Waals surface area contributed by atoms with Crippen LogP contribution in [-0.4, -0.2) is 18.9 Å². The first-order valence-electron chi connectivity index (χ1n) is 5.97. The molecule has 0 heterocycles. The Morgan fingerprint density at radius 3 is 2.50 bits per heavy atom. The predicted octanol–water partition coefficient (Wildman–Crippen LogP) is 2.29. The van der Waals surface area contributed by atoms with Gasteiger partial charge in [-0.3, -0.25) is 4.79 Å². The lowest BCUT2D eigenvalue weighted by Gasteiger charge is -2.11. The van der Waals surface area contributed by atoms with Crippen molar-refractivity contribution in [2.75, 3.05) is 13.1 Å². The summed E-state index contributed by atoms with van der Waals surface area (Å²) in [6.45, 7) is 4.77. The Morgan fingerprint density at radius 2 is 1.94 bits per heavy atom. The van der Waals surface area contributed by atoms with E-state index < -0.39 is 0 Å². The fraction of sp³-hybridized carbons (Fsp3) is 0.357. The molecule has 0 unspecified atom stereocenters. The summed E-state index contributed by atoms with van der Waals surface area (Å²) in [4.78, 5) is 12.4. The fourth-order valence-corrected chi connectivity index (χ4v) is 2.54. The highest BCUT2D eigenvalue weighted by atomic mass is 32.2. The minimum atomic E-state index is 0.0953. The number of Topliss-reactive ketones (excluding diaryl/α,β-unsaturated/α-hetero) is 1. The van der Waals surface area contributed by atoms with Gasteiger partial charge in [-0.2, -0.15) is 0 Å². The molecular weight excluding hydrogens is 244 g/mol.